The molecule has 2 atom stereocenters. The molecule has 1 aliphatic heterocycles. The van der Waals surface area contributed by atoms with Gasteiger partial charge in [0.15, 0.2) is 7.85 Å². The van der Waals surface area contributed by atoms with Gasteiger partial charge in [0.1, 0.15) is 0 Å². The molecular weight excluding hydrogens is 394 g/mol. The normalized spacial score (nSPS) is 26.2. The van der Waals surface area contributed by atoms with Gasteiger partial charge in [-0.1, -0.05) is 0 Å². The molecule has 0 bridgehead atoms. The Labute approximate surface area is 174 Å². The van der Waals surface area contributed by atoms with Gasteiger partial charge in [0.2, 0.25) is 0 Å². The molecule has 1 amide bonds. The van der Waals surface area contributed by atoms with Crippen LogP contribution in [0.4, 0.5) is 31.1 Å². The van der Waals surface area contributed by atoms with Crippen molar-refractivity contribution < 1.29 is 35.9 Å². The van der Waals surface area contributed by atoms with Gasteiger partial charge < -0.3 is 14.5 Å². The van der Waals surface area contributed by atoms with Gasteiger partial charge in [-0.3, -0.25) is 0 Å². The fourth-order valence-corrected chi connectivity index (χ4v) is 2.83. The lowest BCUT2D eigenvalue weighted by atomic mass is 9.40. The second kappa shape index (κ2) is 7.16. The topological polar surface area (TPSA) is 32.8 Å². The van der Waals surface area contributed by atoms with E-state index in [2.05, 4.69) is 12.6 Å². The zero-order chi connectivity index (χ0) is 23.6. The summed E-state index contributed by atoms with van der Waals surface area (Å²) >= 11 is 0. The van der Waals surface area contributed by atoms with E-state index in [0.29, 0.717) is 0 Å². The predicted molar refractivity (Wildman–Crippen MR) is 98.1 cm³/mol. The van der Waals surface area contributed by atoms with Crippen molar-refractivity contribution in [1.82, 2.24) is 9.80 Å². The van der Waals surface area contributed by atoms with Crippen LogP contribution in [0.2, 0.25) is 0 Å². The van der Waals surface area contributed by atoms with E-state index in [4.69, 9.17) is 47.1 Å². The first kappa shape index (κ1) is 26.3. The summed E-state index contributed by atoms with van der Waals surface area (Å²) in [4.78, 5) is 13.3. The van der Waals surface area contributed by atoms with Crippen LogP contribution < -0.4 is 0 Å². The van der Waals surface area contributed by atoms with Crippen molar-refractivity contribution in [2.24, 2.45) is 0 Å². The molecule has 14 radical (unpaired) electrons. The van der Waals surface area contributed by atoms with E-state index in [9.17, 15) is 31.1 Å². The maximum Gasteiger partial charge on any atom is 0.427 e. The third kappa shape index (κ3) is 4.21. The first-order chi connectivity index (χ1) is 12.4. The Balaban J connectivity index is 3.51. The molecule has 0 aromatic carbocycles. The number of amides is 1. The van der Waals surface area contributed by atoms with Gasteiger partial charge in [0, 0.05) is 5.54 Å². The highest BCUT2D eigenvalue weighted by molar-refractivity contribution is 6.50. The lowest BCUT2D eigenvalue weighted by Gasteiger charge is -2.68. The number of alkyl halides is 6. The fraction of sp³-hybridized carbons (Fsp3) is 0.917. The Hall–Kier alpha value is -0.735. The second-order valence-electron chi connectivity index (χ2n) is 7.68. The minimum absolute atomic E-state index is 0.198. The zero-order valence-corrected chi connectivity index (χ0v) is 15.7. The van der Waals surface area contributed by atoms with Gasteiger partial charge in [-0.05, 0) is 43.3 Å². The van der Waals surface area contributed by atoms with Gasteiger partial charge in [-0.25, -0.2) is 4.79 Å². The number of carbonyl (C=O) groups is 1. The van der Waals surface area contributed by atoms with Crippen molar-refractivity contribution in [3.05, 3.63) is 0 Å². The molecule has 2 unspecified atom stereocenters. The summed E-state index contributed by atoms with van der Waals surface area (Å²) < 4.78 is 81.3. The highest BCUT2D eigenvalue weighted by atomic mass is 19.4. The number of hydrogen-bond acceptors (Lipinski definition) is 3. The Kier molecular flexibility index (Phi) is 6.49. The molecular formula is C12H11B7F6N2O2. The molecule has 0 N–H and O–H groups in total. The summed E-state index contributed by atoms with van der Waals surface area (Å²) in [6, 6.07) is 0. The molecule has 0 aromatic rings. The molecule has 0 saturated carbocycles. The average molecular weight is 405 g/mol. The van der Waals surface area contributed by atoms with Crippen molar-refractivity contribution in [1.29, 1.82) is 0 Å². The van der Waals surface area contributed by atoms with Gasteiger partial charge in [0.05, 0.1) is 47.1 Å². The van der Waals surface area contributed by atoms with Crippen molar-refractivity contribution in [2.45, 2.75) is 66.7 Å². The van der Waals surface area contributed by atoms with E-state index in [1.165, 1.54) is 0 Å². The maximum absolute atomic E-state index is 13.0. The van der Waals surface area contributed by atoms with E-state index < -0.39 is 52.0 Å². The minimum Gasteiger partial charge on any atom is -0.434 e. The highest BCUT2D eigenvalue weighted by Crippen LogP contribution is 2.45. The molecule has 1 saturated heterocycles. The molecule has 144 valence electrons. The SMILES string of the molecule is [B]C1N(C(C)(C)C)C([B])C([B])([B])N(C(=O)OC([B])(C(F)(F)F)C(F)(F)F)C1([B])[B]. The fourth-order valence-electron chi connectivity index (χ4n) is 2.83. The van der Waals surface area contributed by atoms with Gasteiger partial charge in [-0.2, -0.15) is 26.3 Å². The number of carbonyl (C=O) groups excluding carboxylic acids is 1. The summed E-state index contributed by atoms with van der Waals surface area (Å²) in [7, 11) is 39.1. The maximum atomic E-state index is 13.0. The zero-order valence-electron chi connectivity index (χ0n) is 15.7. The third-order valence-electron chi connectivity index (χ3n) is 4.37. The summed E-state index contributed by atoms with van der Waals surface area (Å²) in [6.07, 6.45) is -15.0. The lowest BCUT2D eigenvalue weighted by Crippen LogP contribution is -2.85. The Bertz CT molecular complexity index is 616. The van der Waals surface area contributed by atoms with Gasteiger partial charge in [-0.15, -0.1) is 0 Å². The Morgan fingerprint density at radius 1 is 0.862 bits per heavy atom. The van der Waals surface area contributed by atoms with Crippen LogP contribution in [-0.4, -0.2) is 117 Å². The summed E-state index contributed by atoms with van der Waals surface area (Å²) in [5.41, 5.74) is -6.36. The molecule has 17 heteroatoms. The van der Waals surface area contributed by atoms with Crippen LogP contribution in [0.25, 0.3) is 0 Å². The molecule has 1 rings (SSSR count). The van der Waals surface area contributed by atoms with Crippen LogP contribution in [-0.2, 0) is 4.74 Å². The second-order valence-corrected chi connectivity index (χ2v) is 7.68. The van der Waals surface area contributed by atoms with Crippen molar-refractivity contribution >= 4 is 61.0 Å². The van der Waals surface area contributed by atoms with Crippen LogP contribution in [0.5, 0.6) is 0 Å². The Morgan fingerprint density at radius 3 is 1.41 bits per heavy atom. The quantitative estimate of drug-likeness (QED) is 0.436. The number of rotatable bonds is 1. The third-order valence-corrected chi connectivity index (χ3v) is 4.37. The summed E-state index contributed by atoms with van der Waals surface area (Å²) in [6.45, 7) is 4.68. The van der Waals surface area contributed by atoms with Crippen LogP contribution >= 0.6 is 0 Å². The van der Waals surface area contributed by atoms with E-state index >= 15 is 0 Å². The molecule has 1 heterocycles. The molecule has 4 nitrogen and oxygen atoms in total. The molecule has 1 aliphatic rings. The first-order valence-corrected chi connectivity index (χ1v) is 7.84. The minimum atomic E-state index is -6.27. The number of hydrogen-bond donors (Lipinski definition) is 0. The Morgan fingerprint density at radius 2 is 1.17 bits per heavy atom. The largest absolute Gasteiger partial charge is 0.434 e. The van der Waals surface area contributed by atoms with Gasteiger partial charge in [0.25, 0.3) is 5.50 Å². The van der Waals surface area contributed by atoms with E-state index in [-0.39, 0.29) is 4.90 Å². The standard InChI is InChI=1S/C12H11B7F6N2O2/c1-7(2,3)26-4(13)8(15,16)27(9(17,18)5(26)14)6(28)29-10(19,11(20,21)22)12(23,24)25/h4-5H,1-3H3. The highest BCUT2D eigenvalue weighted by Gasteiger charge is 2.71. The molecule has 0 aromatic heterocycles. The smallest absolute Gasteiger partial charge is 0.427 e. The van der Waals surface area contributed by atoms with Crippen LogP contribution in [0.3, 0.4) is 0 Å². The van der Waals surface area contributed by atoms with E-state index in [1.807, 2.05) is 0 Å². The van der Waals surface area contributed by atoms with Crippen molar-refractivity contribution in [2.75, 3.05) is 0 Å². The molecule has 0 spiro atoms. The summed E-state index contributed by atoms with van der Waals surface area (Å²) in [5, 5.41) is -5.44. The monoisotopic (exact) mass is 406 g/mol. The van der Waals surface area contributed by atoms with E-state index in [0.717, 1.165) is 4.90 Å². The molecule has 0 aliphatic carbocycles. The molecule has 1 fully saturated rings. The van der Waals surface area contributed by atoms with Crippen LogP contribution in [0.1, 0.15) is 20.8 Å². The van der Waals surface area contributed by atoms with Crippen molar-refractivity contribution in [3.8, 4) is 0 Å². The lowest BCUT2D eigenvalue weighted by molar-refractivity contribution is -0.331. The number of halogens is 6. The number of nitrogens with zero attached hydrogens (tertiary/aromatic N) is 2. The number of piperazine rings is 1. The number of ether oxygens (including phenoxy) is 1. The first-order valence-electron chi connectivity index (χ1n) is 7.84. The van der Waals surface area contributed by atoms with Crippen LogP contribution in [0.15, 0.2) is 0 Å². The van der Waals surface area contributed by atoms with Crippen molar-refractivity contribution in [3.63, 3.8) is 0 Å². The van der Waals surface area contributed by atoms with Crippen LogP contribution in [0, 0.1) is 0 Å². The summed E-state index contributed by atoms with van der Waals surface area (Å²) in [5.74, 6) is -3.29. The van der Waals surface area contributed by atoms with Gasteiger partial charge >= 0.3 is 18.4 Å². The average Bonchev–Trinajstić information content (AvgIpc) is 2.41. The predicted octanol–water partition coefficient (Wildman–Crippen LogP) is -0.501. The molecule has 29 heavy (non-hydrogen) atoms. The van der Waals surface area contributed by atoms with E-state index in [1.54, 1.807) is 20.8 Å².